The Labute approximate surface area is 210 Å². The average molecular weight is 486 g/mol. The van der Waals surface area contributed by atoms with Crippen molar-refractivity contribution < 1.29 is 15.0 Å². The summed E-state index contributed by atoms with van der Waals surface area (Å²) >= 11 is 1.84. The molecule has 5 atom stereocenters. The van der Waals surface area contributed by atoms with Crippen LogP contribution in [0.5, 0.6) is 0 Å². The summed E-state index contributed by atoms with van der Waals surface area (Å²) in [5, 5.41) is 21.1. The van der Waals surface area contributed by atoms with Gasteiger partial charge < -0.3 is 15.1 Å². The molecule has 2 N–H and O–H groups in total. The Kier molecular flexibility index (Phi) is 9.87. The molecule has 0 radical (unpaired) electrons. The fraction of sp³-hybridized carbons (Fsp3) is 0.621. The first-order valence-corrected chi connectivity index (χ1v) is 14.0. The van der Waals surface area contributed by atoms with Crippen LogP contribution in [0.1, 0.15) is 58.1 Å². The predicted molar refractivity (Wildman–Crippen MR) is 143 cm³/mol. The molecule has 1 amide bonds. The van der Waals surface area contributed by atoms with Crippen LogP contribution in [0, 0.1) is 24.7 Å². The second-order valence-corrected chi connectivity index (χ2v) is 11.8. The van der Waals surface area contributed by atoms with Gasteiger partial charge in [-0.05, 0) is 64.9 Å². The number of hydrogen-bond donors (Lipinski definition) is 2. The summed E-state index contributed by atoms with van der Waals surface area (Å²) in [6, 6.07) is 8.72. The summed E-state index contributed by atoms with van der Waals surface area (Å²) in [5.74, 6) is 3.00. The molecule has 5 heteroatoms. The molecule has 0 spiro atoms. The molecule has 0 aromatic heterocycles. The van der Waals surface area contributed by atoms with Crippen molar-refractivity contribution in [1.82, 2.24) is 4.90 Å². The predicted octanol–water partition coefficient (Wildman–Crippen LogP) is 5.17. The third kappa shape index (κ3) is 7.22. The summed E-state index contributed by atoms with van der Waals surface area (Å²) < 4.78 is 0. The Morgan fingerprint density at radius 2 is 1.97 bits per heavy atom. The standard InChI is InChI=1S/C29H43NO3S/c1-19(2)30(20(3)4)29(33)11-12-34-18-23-14-24-17-28(32)26(27(24)16-23)10-9-25(31)15-22-8-6-7-21(5)13-22/h6-10,13-14,19-20,24-28,31-32H,11-12,15-18H2,1-5H3/b10-9+/t24-,25-,26+,27-,28+/m0/s1. The van der Waals surface area contributed by atoms with Crippen molar-refractivity contribution in [2.45, 2.75) is 84.6 Å². The quantitative estimate of drug-likeness (QED) is 0.335. The van der Waals surface area contributed by atoms with Crippen molar-refractivity contribution in [3.05, 3.63) is 59.2 Å². The Morgan fingerprint density at radius 3 is 2.65 bits per heavy atom. The molecular formula is C29H43NO3S. The van der Waals surface area contributed by atoms with Gasteiger partial charge in [-0.3, -0.25) is 4.79 Å². The van der Waals surface area contributed by atoms with Crippen LogP contribution < -0.4 is 0 Å². The second-order valence-electron chi connectivity index (χ2n) is 10.7. The molecule has 1 fully saturated rings. The summed E-state index contributed by atoms with van der Waals surface area (Å²) in [7, 11) is 0. The molecule has 3 rings (SSSR count). The van der Waals surface area contributed by atoms with Gasteiger partial charge >= 0.3 is 0 Å². The fourth-order valence-electron chi connectivity index (χ4n) is 5.78. The minimum absolute atomic E-state index is 0.100. The maximum atomic E-state index is 12.6. The van der Waals surface area contributed by atoms with E-state index in [9.17, 15) is 15.0 Å². The minimum Gasteiger partial charge on any atom is -0.392 e. The molecule has 0 heterocycles. The van der Waals surface area contributed by atoms with E-state index in [-0.39, 0.29) is 30.0 Å². The highest BCUT2D eigenvalue weighted by Crippen LogP contribution is 2.47. The molecule has 0 saturated heterocycles. The Morgan fingerprint density at radius 1 is 1.24 bits per heavy atom. The third-order valence-electron chi connectivity index (χ3n) is 7.18. The lowest BCUT2D eigenvalue weighted by Gasteiger charge is -2.30. The maximum absolute atomic E-state index is 12.6. The second kappa shape index (κ2) is 12.4. The van der Waals surface area contributed by atoms with Crippen LogP contribution in [0.4, 0.5) is 0 Å². The molecule has 0 unspecified atom stereocenters. The maximum Gasteiger partial charge on any atom is 0.223 e. The molecule has 4 nitrogen and oxygen atoms in total. The number of benzene rings is 1. The van der Waals surface area contributed by atoms with Gasteiger partial charge in [0.2, 0.25) is 5.91 Å². The molecule has 1 aromatic carbocycles. The van der Waals surface area contributed by atoms with Gasteiger partial charge in [0.25, 0.3) is 0 Å². The minimum atomic E-state index is -0.536. The Bertz CT molecular complexity index is 870. The number of aliphatic hydroxyl groups is 2. The van der Waals surface area contributed by atoms with Crippen molar-refractivity contribution in [1.29, 1.82) is 0 Å². The SMILES string of the molecule is Cc1cccc(C[C@@H](O)/C=C/[C@@H]2[C@H]3CC(CSCCC(=O)N(C(C)C)C(C)C)=C[C@H]3C[C@H]2O)c1. The third-order valence-corrected chi connectivity index (χ3v) is 8.25. The van der Waals surface area contributed by atoms with Crippen LogP contribution in [-0.2, 0) is 11.2 Å². The van der Waals surface area contributed by atoms with Crippen LogP contribution in [0.15, 0.2) is 48.1 Å². The first kappa shape index (κ1) is 27.0. The highest BCUT2D eigenvalue weighted by molar-refractivity contribution is 7.99. The van der Waals surface area contributed by atoms with E-state index in [4.69, 9.17) is 0 Å². The van der Waals surface area contributed by atoms with Gasteiger partial charge in [0.15, 0.2) is 0 Å². The molecule has 34 heavy (non-hydrogen) atoms. The van der Waals surface area contributed by atoms with Crippen LogP contribution in [-0.4, -0.2) is 56.8 Å². The van der Waals surface area contributed by atoms with Gasteiger partial charge in [-0.15, -0.1) is 0 Å². The van der Waals surface area contributed by atoms with Gasteiger partial charge in [0.1, 0.15) is 0 Å². The number of hydrogen-bond acceptors (Lipinski definition) is 4. The molecular weight excluding hydrogens is 442 g/mol. The number of amides is 1. The van der Waals surface area contributed by atoms with Crippen molar-refractivity contribution in [3.63, 3.8) is 0 Å². The van der Waals surface area contributed by atoms with Crippen molar-refractivity contribution in [2.24, 2.45) is 17.8 Å². The number of allylic oxidation sites excluding steroid dienone is 1. The summed E-state index contributed by atoms with van der Waals surface area (Å²) in [5.41, 5.74) is 3.78. The number of carbonyl (C=O) groups is 1. The van der Waals surface area contributed by atoms with E-state index in [0.29, 0.717) is 24.7 Å². The van der Waals surface area contributed by atoms with E-state index in [0.717, 1.165) is 29.9 Å². The van der Waals surface area contributed by atoms with Gasteiger partial charge in [0.05, 0.1) is 12.2 Å². The van der Waals surface area contributed by atoms with E-state index in [1.54, 1.807) is 0 Å². The number of aryl methyl sites for hydroxylation is 1. The fourth-order valence-corrected chi connectivity index (χ4v) is 6.72. The Balaban J connectivity index is 1.45. The summed E-state index contributed by atoms with van der Waals surface area (Å²) in [6.45, 7) is 10.4. The lowest BCUT2D eigenvalue weighted by molar-refractivity contribution is -0.134. The van der Waals surface area contributed by atoms with Gasteiger partial charge in [-0.1, -0.05) is 53.6 Å². The average Bonchev–Trinajstić information content (AvgIpc) is 3.25. The molecule has 2 aliphatic carbocycles. The van der Waals surface area contributed by atoms with E-state index < -0.39 is 6.10 Å². The summed E-state index contributed by atoms with van der Waals surface area (Å²) in [4.78, 5) is 14.5. The number of rotatable bonds is 11. The topological polar surface area (TPSA) is 60.8 Å². The highest BCUT2D eigenvalue weighted by atomic mass is 32.2. The van der Waals surface area contributed by atoms with Crippen LogP contribution in [0.2, 0.25) is 0 Å². The first-order valence-electron chi connectivity index (χ1n) is 12.8. The van der Waals surface area contributed by atoms with Crippen LogP contribution in [0.3, 0.4) is 0 Å². The van der Waals surface area contributed by atoms with Gasteiger partial charge in [-0.2, -0.15) is 11.8 Å². The van der Waals surface area contributed by atoms with E-state index in [2.05, 4.69) is 58.9 Å². The zero-order chi connectivity index (χ0) is 24.8. The monoisotopic (exact) mass is 485 g/mol. The smallest absolute Gasteiger partial charge is 0.223 e. The van der Waals surface area contributed by atoms with Crippen molar-refractivity contribution >= 4 is 17.7 Å². The summed E-state index contributed by atoms with van der Waals surface area (Å²) in [6.07, 6.45) is 8.44. The molecule has 0 bridgehead atoms. The number of nitrogens with zero attached hydrogens (tertiary/aromatic N) is 1. The number of aliphatic hydroxyl groups excluding tert-OH is 2. The molecule has 188 valence electrons. The largest absolute Gasteiger partial charge is 0.392 e. The van der Waals surface area contributed by atoms with Crippen LogP contribution in [0.25, 0.3) is 0 Å². The number of thioether (sulfide) groups is 1. The first-order chi connectivity index (χ1) is 16.2. The molecule has 1 aromatic rings. The van der Waals surface area contributed by atoms with Crippen molar-refractivity contribution in [3.8, 4) is 0 Å². The molecule has 1 saturated carbocycles. The van der Waals surface area contributed by atoms with E-state index >= 15 is 0 Å². The zero-order valence-electron chi connectivity index (χ0n) is 21.5. The lowest BCUT2D eigenvalue weighted by atomic mass is 9.89. The normalized spacial score (nSPS) is 25.3. The Hall–Kier alpha value is -1.56. The van der Waals surface area contributed by atoms with Gasteiger partial charge in [-0.25, -0.2) is 0 Å². The molecule has 0 aliphatic heterocycles. The number of carbonyl (C=O) groups excluding carboxylic acids is 1. The highest BCUT2D eigenvalue weighted by Gasteiger charge is 2.43. The molecule has 2 aliphatic rings. The lowest BCUT2D eigenvalue weighted by Crippen LogP contribution is -2.42. The zero-order valence-corrected chi connectivity index (χ0v) is 22.3. The van der Waals surface area contributed by atoms with Gasteiger partial charge in [0, 0.05) is 42.3 Å². The number of fused-ring (bicyclic) bond motifs is 1. The van der Waals surface area contributed by atoms with Crippen LogP contribution >= 0.6 is 11.8 Å². The van der Waals surface area contributed by atoms with Crippen molar-refractivity contribution in [2.75, 3.05) is 11.5 Å². The van der Waals surface area contributed by atoms with E-state index in [1.807, 2.05) is 34.9 Å². The van der Waals surface area contributed by atoms with E-state index in [1.165, 1.54) is 11.1 Å².